The van der Waals surface area contributed by atoms with Crippen LogP contribution in [0.5, 0.6) is 0 Å². The predicted molar refractivity (Wildman–Crippen MR) is 101 cm³/mol. The Kier molecular flexibility index (Phi) is 6.07. The predicted octanol–water partition coefficient (Wildman–Crippen LogP) is 3.82. The zero-order valence-corrected chi connectivity index (χ0v) is 15.3. The third-order valence-corrected chi connectivity index (χ3v) is 4.50. The number of nitrogens with zero attached hydrogens (tertiary/aromatic N) is 1. The van der Waals surface area contributed by atoms with Gasteiger partial charge in [-0.25, -0.2) is 0 Å². The van der Waals surface area contributed by atoms with Gasteiger partial charge in [-0.1, -0.05) is 25.6 Å². The summed E-state index contributed by atoms with van der Waals surface area (Å²) in [5.74, 6) is 0.110. The van der Waals surface area contributed by atoms with Crippen molar-refractivity contribution in [1.82, 2.24) is 10.2 Å². The number of nitrogens with one attached hydrogen (secondary N) is 2. The van der Waals surface area contributed by atoms with Crippen LogP contribution in [0.2, 0.25) is 0 Å². The number of hydrogen-bond donors (Lipinski definition) is 2. The van der Waals surface area contributed by atoms with Crippen molar-refractivity contribution in [3.8, 4) is 0 Å². The maximum atomic E-state index is 11.8. The lowest BCUT2D eigenvalue weighted by Gasteiger charge is -2.33. The second-order valence-electron chi connectivity index (χ2n) is 6.57. The van der Waals surface area contributed by atoms with E-state index in [4.69, 9.17) is 0 Å². The van der Waals surface area contributed by atoms with Gasteiger partial charge < -0.3 is 15.5 Å². The van der Waals surface area contributed by atoms with E-state index < -0.39 is 0 Å². The van der Waals surface area contributed by atoms with Crippen molar-refractivity contribution in [3.05, 3.63) is 53.4 Å². The fraction of sp³-hybridized carbons (Fsp3) is 0.450. The Morgan fingerprint density at radius 2 is 2.17 bits per heavy atom. The first-order chi connectivity index (χ1) is 11.4. The molecule has 1 amide bonds. The van der Waals surface area contributed by atoms with Crippen LogP contribution in [0.4, 0.5) is 5.69 Å². The normalized spacial score (nSPS) is 15.9. The van der Waals surface area contributed by atoms with Gasteiger partial charge >= 0.3 is 0 Å². The van der Waals surface area contributed by atoms with E-state index >= 15 is 0 Å². The topological polar surface area (TPSA) is 44.4 Å². The number of carbonyl (C=O) groups excluding carboxylic acids is 1. The third kappa shape index (κ3) is 4.63. The second-order valence-corrected chi connectivity index (χ2v) is 6.57. The Labute approximate surface area is 145 Å². The Morgan fingerprint density at radius 3 is 2.79 bits per heavy atom. The molecule has 130 valence electrons. The summed E-state index contributed by atoms with van der Waals surface area (Å²) in [5, 5.41) is 7.00. The molecule has 4 heteroatoms. The first-order valence-corrected chi connectivity index (χ1v) is 8.67. The number of benzene rings is 1. The molecule has 1 aromatic rings. The summed E-state index contributed by atoms with van der Waals surface area (Å²) in [6.07, 6.45) is 1.90. The summed E-state index contributed by atoms with van der Waals surface area (Å²) in [4.78, 5) is 13.7. The van der Waals surface area contributed by atoms with Crippen LogP contribution in [0.25, 0.3) is 0 Å². The number of aryl methyl sites for hydroxylation is 1. The number of carbonyl (C=O) groups is 1. The molecule has 1 atom stereocenters. The standard InChI is InChI=1S/C20H29N3O/c1-6-15(3)21-20-10-11-23(17(5)24)13-19(20)16(4)22-18-9-7-8-14(2)12-18/h7-9,12,15,21-22H,4,6,10-11,13H2,1-3,5H3. The molecule has 0 spiro atoms. The van der Waals surface area contributed by atoms with E-state index in [9.17, 15) is 4.79 Å². The van der Waals surface area contributed by atoms with Crippen molar-refractivity contribution in [3.63, 3.8) is 0 Å². The van der Waals surface area contributed by atoms with Gasteiger partial charge in [0.15, 0.2) is 0 Å². The summed E-state index contributed by atoms with van der Waals surface area (Å²) in [6.45, 7) is 13.6. The average Bonchev–Trinajstić information content (AvgIpc) is 2.54. The van der Waals surface area contributed by atoms with Crippen molar-refractivity contribution in [2.75, 3.05) is 18.4 Å². The summed E-state index contributed by atoms with van der Waals surface area (Å²) >= 11 is 0. The van der Waals surface area contributed by atoms with E-state index in [1.54, 1.807) is 6.92 Å². The lowest BCUT2D eigenvalue weighted by atomic mass is 10.0. The van der Waals surface area contributed by atoms with Crippen LogP contribution in [-0.4, -0.2) is 29.9 Å². The smallest absolute Gasteiger partial charge is 0.219 e. The van der Waals surface area contributed by atoms with E-state index in [2.05, 4.69) is 50.1 Å². The molecule has 0 aliphatic carbocycles. The first-order valence-electron chi connectivity index (χ1n) is 8.67. The van der Waals surface area contributed by atoms with Crippen molar-refractivity contribution in [2.24, 2.45) is 0 Å². The van der Waals surface area contributed by atoms with Crippen LogP contribution in [-0.2, 0) is 4.79 Å². The lowest BCUT2D eigenvalue weighted by Crippen LogP contribution is -2.40. The Bertz CT molecular complexity index is 648. The van der Waals surface area contributed by atoms with Gasteiger partial charge in [0.2, 0.25) is 5.91 Å². The van der Waals surface area contributed by atoms with Crippen LogP contribution in [0, 0.1) is 6.92 Å². The molecular weight excluding hydrogens is 298 g/mol. The molecule has 1 aliphatic heterocycles. The van der Waals surface area contributed by atoms with Crippen LogP contribution in [0.15, 0.2) is 47.8 Å². The van der Waals surface area contributed by atoms with Gasteiger partial charge in [-0.05, 0) is 38.0 Å². The monoisotopic (exact) mass is 327 g/mol. The van der Waals surface area contributed by atoms with Crippen molar-refractivity contribution in [2.45, 2.75) is 46.6 Å². The largest absolute Gasteiger partial charge is 0.386 e. The van der Waals surface area contributed by atoms with Gasteiger partial charge in [0.25, 0.3) is 0 Å². The highest BCUT2D eigenvalue weighted by atomic mass is 16.2. The summed E-state index contributed by atoms with van der Waals surface area (Å²) in [5.41, 5.74) is 5.38. The first kappa shape index (κ1) is 18.1. The van der Waals surface area contributed by atoms with Gasteiger partial charge in [0.05, 0.1) is 0 Å². The molecule has 0 bridgehead atoms. The van der Waals surface area contributed by atoms with Crippen LogP contribution in [0.1, 0.15) is 39.2 Å². The van der Waals surface area contributed by atoms with E-state index in [1.807, 2.05) is 17.0 Å². The highest BCUT2D eigenvalue weighted by Crippen LogP contribution is 2.24. The summed E-state index contributed by atoms with van der Waals surface area (Å²) in [7, 11) is 0. The quantitative estimate of drug-likeness (QED) is 0.835. The molecule has 0 radical (unpaired) electrons. The SMILES string of the molecule is C=C(Nc1cccc(C)c1)C1=C(NC(C)CC)CCN(C(C)=O)C1. The summed E-state index contributed by atoms with van der Waals surface area (Å²) < 4.78 is 0. The van der Waals surface area contributed by atoms with Gasteiger partial charge in [-0.2, -0.15) is 0 Å². The lowest BCUT2D eigenvalue weighted by molar-refractivity contribution is -0.128. The molecule has 0 saturated carbocycles. The second kappa shape index (κ2) is 8.04. The van der Waals surface area contributed by atoms with Crippen LogP contribution >= 0.6 is 0 Å². The van der Waals surface area contributed by atoms with E-state index in [-0.39, 0.29) is 5.91 Å². The fourth-order valence-corrected chi connectivity index (χ4v) is 2.84. The molecule has 1 aliphatic rings. The molecule has 0 saturated heterocycles. The molecule has 2 rings (SSSR count). The van der Waals surface area contributed by atoms with Crippen molar-refractivity contribution < 1.29 is 4.79 Å². The van der Waals surface area contributed by atoms with Gasteiger partial charge in [-0.3, -0.25) is 4.79 Å². The third-order valence-electron chi connectivity index (χ3n) is 4.50. The van der Waals surface area contributed by atoms with Gasteiger partial charge in [-0.15, -0.1) is 0 Å². The molecule has 1 heterocycles. The summed E-state index contributed by atoms with van der Waals surface area (Å²) in [6, 6.07) is 8.64. The number of anilines is 1. The minimum atomic E-state index is 0.110. The molecule has 24 heavy (non-hydrogen) atoms. The Balaban J connectivity index is 2.23. The number of amides is 1. The minimum absolute atomic E-state index is 0.110. The highest BCUT2D eigenvalue weighted by Gasteiger charge is 2.23. The van der Waals surface area contributed by atoms with Gasteiger partial charge in [0, 0.05) is 55.1 Å². The average molecular weight is 327 g/mol. The molecule has 0 fully saturated rings. The highest BCUT2D eigenvalue weighted by molar-refractivity contribution is 5.74. The molecule has 0 aromatic heterocycles. The Morgan fingerprint density at radius 1 is 1.42 bits per heavy atom. The van der Waals surface area contributed by atoms with Gasteiger partial charge in [0.1, 0.15) is 0 Å². The van der Waals surface area contributed by atoms with Crippen molar-refractivity contribution in [1.29, 1.82) is 0 Å². The maximum Gasteiger partial charge on any atom is 0.219 e. The Hall–Kier alpha value is -2.23. The zero-order valence-electron chi connectivity index (χ0n) is 15.3. The minimum Gasteiger partial charge on any atom is -0.386 e. The number of hydrogen-bond acceptors (Lipinski definition) is 3. The zero-order chi connectivity index (χ0) is 17.7. The molecule has 2 N–H and O–H groups in total. The van der Waals surface area contributed by atoms with Crippen molar-refractivity contribution >= 4 is 11.6 Å². The van der Waals surface area contributed by atoms with E-state index in [0.29, 0.717) is 12.6 Å². The number of rotatable bonds is 6. The molecule has 1 aromatic carbocycles. The van der Waals surface area contributed by atoms with E-state index in [0.717, 1.165) is 36.3 Å². The van der Waals surface area contributed by atoms with Crippen LogP contribution < -0.4 is 10.6 Å². The maximum absolute atomic E-state index is 11.8. The molecule has 4 nitrogen and oxygen atoms in total. The molecule has 1 unspecified atom stereocenters. The van der Waals surface area contributed by atoms with E-state index in [1.165, 1.54) is 11.3 Å². The van der Waals surface area contributed by atoms with Crippen LogP contribution in [0.3, 0.4) is 0 Å². The molecular formula is C20H29N3O. The fourth-order valence-electron chi connectivity index (χ4n) is 2.84.